The Balaban J connectivity index is 1.39. The lowest BCUT2D eigenvalue weighted by molar-refractivity contribution is -0.138. The fourth-order valence-electron chi connectivity index (χ4n) is 3.89. The summed E-state index contributed by atoms with van der Waals surface area (Å²) >= 11 is 0. The van der Waals surface area contributed by atoms with Crippen LogP contribution in [-0.4, -0.2) is 51.9 Å². The first-order chi connectivity index (χ1) is 12.8. The molecule has 26 heavy (non-hydrogen) atoms. The van der Waals surface area contributed by atoms with Crippen LogP contribution in [-0.2, 0) is 35.3 Å². The standard InChI is InChI=1S/C20H26N4O2/c25-20(17-9-14-26-15-10-17)23-11-8-19-22-21-18(24(19)13-12-23)7-6-16-4-2-1-3-5-16/h1-5,17H,6-15H2. The third-order valence-electron chi connectivity index (χ3n) is 5.47. The van der Waals surface area contributed by atoms with Crippen molar-refractivity contribution in [1.82, 2.24) is 19.7 Å². The number of rotatable bonds is 4. The van der Waals surface area contributed by atoms with E-state index in [2.05, 4.69) is 39.0 Å². The molecule has 0 atom stereocenters. The first-order valence-electron chi connectivity index (χ1n) is 9.62. The quantitative estimate of drug-likeness (QED) is 0.841. The molecule has 6 nitrogen and oxygen atoms in total. The van der Waals surface area contributed by atoms with E-state index in [4.69, 9.17) is 4.74 Å². The zero-order valence-electron chi connectivity index (χ0n) is 15.1. The van der Waals surface area contributed by atoms with Gasteiger partial charge in [0.1, 0.15) is 11.6 Å². The molecule has 1 aromatic heterocycles. The van der Waals surface area contributed by atoms with Gasteiger partial charge in [0.15, 0.2) is 0 Å². The van der Waals surface area contributed by atoms with Crippen molar-refractivity contribution in [3.8, 4) is 0 Å². The maximum absolute atomic E-state index is 12.8. The molecule has 0 unspecified atom stereocenters. The minimum Gasteiger partial charge on any atom is -0.381 e. The predicted molar refractivity (Wildman–Crippen MR) is 97.7 cm³/mol. The zero-order chi connectivity index (χ0) is 17.8. The Kier molecular flexibility index (Phi) is 5.29. The molecule has 0 N–H and O–H groups in total. The average molecular weight is 354 g/mol. The Morgan fingerprint density at radius 3 is 2.65 bits per heavy atom. The van der Waals surface area contributed by atoms with Crippen molar-refractivity contribution < 1.29 is 9.53 Å². The van der Waals surface area contributed by atoms with E-state index < -0.39 is 0 Å². The molecule has 4 rings (SSSR count). The molecule has 2 aliphatic heterocycles. The third kappa shape index (κ3) is 3.80. The van der Waals surface area contributed by atoms with Gasteiger partial charge in [0.25, 0.3) is 0 Å². The number of amides is 1. The number of benzene rings is 1. The minimum absolute atomic E-state index is 0.129. The van der Waals surface area contributed by atoms with Crippen LogP contribution in [0.4, 0.5) is 0 Å². The molecule has 6 heteroatoms. The Morgan fingerprint density at radius 1 is 1.04 bits per heavy atom. The predicted octanol–water partition coefficient (Wildman–Crippen LogP) is 1.87. The first kappa shape index (κ1) is 17.2. The van der Waals surface area contributed by atoms with Crippen LogP contribution in [0.3, 0.4) is 0 Å². The maximum atomic E-state index is 12.8. The molecule has 1 saturated heterocycles. The Hall–Kier alpha value is -2.21. The topological polar surface area (TPSA) is 60.2 Å². The summed E-state index contributed by atoms with van der Waals surface area (Å²) in [6.07, 6.45) is 4.33. The lowest BCUT2D eigenvalue weighted by Gasteiger charge is -2.28. The van der Waals surface area contributed by atoms with Crippen LogP contribution in [0.1, 0.15) is 30.1 Å². The van der Waals surface area contributed by atoms with Gasteiger partial charge in [-0.15, -0.1) is 10.2 Å². The summed E-state index contributed by atoms with van der Waals surface area (Å²) in [6.45, 7) is 3.70. The van der Waals surface area contributed by atoms with Crippen molar-refractivity contribution >= 4 is 5.91 Å². The fourth-order valence-corrected chi connectivity index (χ4v) is 3.89. The van der Waals surface area contributed by atoms with Crippen LogP contribution in [0, 0.1) is 5.92 Å². The van der Waals surface area contributed by atoms with Gasteiger partial charge in [0, 0.05) is 51.6 Å². The zero-order valence-corrected chi connectivity index (χ0v) is 15.1. The molecule has 3 heterocycles. The lowest BCUT2D eigenvalue weighted by Crippen LogP contribution is -2.40. The molecule has 1 aromatic carbocycles. The van der Waals surface area contributed by atoms with E-state index in [-0.39, 0.29) is 11.8 Å². The van der Waals surface area contributed by atoms with Gasteiger partial charge in [-0.3, -0.25) is 4.79 Å². The second-order valence-electron chi connectivity index (χ2n) is 7.13. The van der Waals surface area contributed by atoms with E-state index in [1.54, 1.807) is 0 Å². The number of nitrogens with zero attached hydrogens (tertiary/aromatic N) is 4. The van der Waals surface area contributed by atoms with E-state index in [1.165, 1.54) is 5.56 Å². The lowest BCUT2D eigenvalue weighted by atomic mass is 9.98. The number of carbonyl (C=O) groups excluding carboxylic acids is 1. The first-order valence-corrected chi connectivity index (χ1v) is 9.62. The van der Waals surface area contributed by atoms with Crippen molar-refractivity contribution in [3.05, 3.63) is 47.5 Å². The summed E-state index contributed by atoms with van der Waals surface area (Å²) in [5.41, 5.74) is 1.31. The number of hydrogen-bond donors (Lipinski definition) is 0. The van der Waals surface area contributed by atoms with Gasteiger partial charge in [0.2, 0.25) is 5.91 Å². The van der Waals surface area contributed by atoms with Gasteiger partial charge in [-0.25, -0.2) is 0 Å². The molecule has 0 spiro atoms. The van der Waals surface area contributed by atoms with Gasteiger partial charge < -0.3 is 14.2 Å². The summed E-state index contributed by atoms with van der Waals surface area (Å²) in [6, 6.07) is 10.5. The average Bonchev–Trinajstić information content (AvgIpc) is 2.96. The molecule has 138 valence electrons. The van der Waals surface area contributed by atoms with Crippen LogP contribution >= 0.6 is 0 Å². The highest BCUT2D eigenvalue weighted by molar-refractivity contribution is 5.79. The van der Waals surface area contributed by atoms with E-state index in [9.17, 15) is 4.79 Å². The highest BCUT2D eigenvalue weighted by Gasteiger charge is 2.28. The summed E-state index contributed by atoms with van der Waals surface area (Å²) in [7, 11) is 0. The van der Waals surface area contributed by atoms with Crippen LogP contribution in [0.2, 0.25) is 0 Å². The molecule has 1 amide bonds. The second kappa shape index (κ2) is 7.99. The number of ether oxygens (including phenoxy) is 1. The van der Waals surface area contributed by atoms with E-state index in [0.717, 1.165) is 63.4 Å². The molecule has 0 radical (unpaired) electrons. The Bertz CT molecular complexity index is 738. The number of carbonyl (C=O) groups is 1. The van der Waals surface area contributed by atoms with Gasteiger partial charge in [0.05, 0.1) is 0 Å². The SMILES string of the molecule is O=C(C1CCOCC1)N1CCc2nnc(CCc3ccccc3)n2CC1. The van der Waals surface area contributed by atoms with Gasteiger partial charge in [-0.05, 0) is 24.8 Å². The van der Waals surface area contributed by atoms with Crippen LogP contribution in [0.5, 0.6) is 0 Å². The van der Waals surface area contributed by atoms with Crippen LogP contribution in [0.15, 0.2) is 30.3 Å². The van der Waals surface area contributed by atoms with E-state index in [0.29, 0.717) is 13.2 Å². The third-order valence-corrected chi connectivity index (χ3v) is 5.47. The summed E-state index contributed by atoms with van der Waals surface area (Å²) in [5, 5.41) is 8.80. The van der Waals surface area contributed by atoms with Crippen molar-refractivity contribution in [2.45, 2.75) is 38.6 Å². The normalized spacial score (nSPS) is 18.4. The highest BCUT2D eigenvalue weighted by atomic mass is 16.5. The molecular formula is C20H26N4O2. The monoisotopic (exact) mass is 354 g/mol. The maximum Gasteiger partial charge on any atom is 0.225 e. The summed E-state index contributed by atoms with van der Waals surface area (Å²) in [4.78, 5) is 14.8. The van der Waals surface area contributed by atoms with E-state index in [1.807, 2.05) is 11.0 Å². The highest BCUT2D eigenvalue weighted by Crippen LogP contribution is 2.20. The fraction of sp³-hybridized carbons (Fsp3) is 0.550. The minimum atomic E-state index is 0.129. The van der Waals surface area contributed by atoms with Gasteiger partial charge in [-0.2, -0.15) is 0 Å². The van der Waals surface area contributed by atoms with E-state index >= 15 is 0 Å². The molecule has 1 fully saturated rings. The number of fused-ring (bicyclic) bond motifs is 1. The molecule has 2 aliphatic rings. The Labute approximate surface area is 154 Å². The number of hydrogen-bond acceptors (Lipinski definition) is 4. The summed E-state index contributed by atoms with van der Waals surface area (Å²) < 4.78 is 7.61. The number of aryl methyl sites for hydroxylation is 2. The van der Waals surface area contributed by atoms with Crippen molar-refractivity contribution in [1.29, 1.82) is 0 Å². The van der Waals surface area contributed by atoms with Crippen molar-refractivity contribution in [3.63, 3.8) is 0 Å². The van der Waals surface area contributed by atoms with Crippen molar-refractivity contribution in [2.24, 2.45) is 5.92 Å². The molecule has 0 bridgehead atoms. The van der Waals surface area contributed by atoms with Gasteiger partial charge in [-0.1, -0.05) is 30.3 Å². The largest absolute Gasteiger partial charge is 0.381 e. The van der Waals surface area contributed by atoms with Crippen LogP contribution < -0.4 is 0 Å². The Morgan fingerprint density at radius 2 is 1.85 bits per heavy atom. The van der Waals surface area contributed by atoms with Crippen LogP contribution in [0.25, 0.3) is 0 Å². The summed E-state index contributed by atoms with van der Waals surface area (Å²) in [5.74, 6) is 2.46. The smallest absolute Gasteiger partial charge is 0.225 e. The number of aromatic nitrogens is 3. The molecule has 2 aromatic rings. The van der Waals surface area contributed by atoms with Gasteiger partial charge >= 0.3 is 0 Å². The second-order valence-corrected chi connectivity index (χ2v) is 7.13. The van der Waals surface area contributed by atoms with Crippen molar-refractivity contribution in [2.75, 3.05) is 26.3 Å². The molecular weight excluding hydrogens is 328 g/mol. The molecule has 0 aliphatic carbocycles. The molecule has 0 saturated carbocycles.